The van der Waals surface area contributed by atoms with Gasteiger partial charge >= 0.3 is 0 Å². The number of anilines is 1. The van der Waals surface area contributed by atoms with Crippen molar-refractivity contribution in [3.05, 3.63) is 17.6 Å². The maximum Gasteiger partial charge on any atom is 0.132 e. The first kappa shape index (κ1) is 9.44. The third kappa shape index (κ3) is 1.86. The molecule has 0 spiro atoms. The highest BCUT2D eigenvalue weighted by atomic mass is 15.0. The van der Waals surface area contributed by atoms with Crippen LogP contribution in [0.2, 0.25) is 0 Å². The number of rotatable bonds is 3. The van der Waals surface area contributed by atoms with Gasteiger partial charge < -0.3 is 5.32 Å². The minimum absolute atomic E-state index is 0.655. The molecule has 0 saturated heterocycles. The van der Waals surface area contributed by atoms with Gasteiger partial charge in [-0.15, -0.1) is 0 Å². The highest BCUT2D eigenvalue weighted by molar-refractivity contribution is 5.47. The largest absolute Gasteiger partial charge is 0.369 e. The fourth-order valence-corrected chi connectivity index (χ4v) is 1.81. The van der Waals surface area contributed by atoms with Crippen LogP contribution in [0.25, 0.3) is 0 Å². The SMILES string of the molecule is CC(C)CNc1ncnc2c1CCC2. The Labute approximate surface area is 85.0 Å². The second kappa shape index (κ2) is 3.95. The van der Waals surface area contributed by atoms with E-state index in [0.29, 0.717) is 5.92 Å². The number of fused-ring (bicyclic) bond motifs is 1. The molecule has 2 rings (SSSR count). The Morgan fingerprint density at radius 2 is 2.21 bits per heavy atom. The third-order valence-corrected chi connectivity index (χ3v) is 2.55. The van der Waals surface area contributed by atoms with Gasteiger partial charge in [0.1, 0.15) is 12.1 Å². The van der Waals surface area contributed by atoms with Crippen molar-refractivity contribution < 1.29 is 0 Å². The predicted molar refractivity (Wildman–Crippen MR) is 57.4 cm³/mol. The molecule has 0 atom stereocenters. The van der Waals surface area contributed by atoms with Gasteiger partial charge in [0.05, 0.1) is 0 Å². The first-order chi connectivity index (χ1) is 6.77. The molecule has 0 bridgehead atoms. The van der Waals surface area contributed by atoms with Gasteiger partial charge in [0.2, 0.25) is 0 Å². The van der Waals surface area contributed by atoms with E-state index in [0.717, 1.165) is 25.2 Å². The Hall–Kier alpha value is -1.12. The topological polar surface area (TPSA) is 37.8 Å². The molecule has 1 heterocycles. The van der Waals surface area contributed by atoms with Crippen molar-refractivity contribution in [2.45, 2.75) is 33.1 Å². The number of aromatic nitrogens is 2. The van der Waals surface area contributed by atoms with Crippen molar-refractivity contribution in [3.8, 4) is 0 Å². The average molecular weight is 191 g/mol. The monoisotopic (exact) mass is 191 g/mol. The Kier molecular flexibility index (Phi) is 2.66. The van der Waals surface area contributed by atoms with Gasteiger partial charge in [-0.2, -0.15) is 0 Å². The summed E-state index contributed by atoms with van der Waals surface area (Å²) in [7, 11) is 0. The lowest BCUT2D eigenvalue weighted by molar-refractivity contribution is 0.686. The molecule has 0 amide bonds. The summed E-state index contributed by atoms with van der Waals surface area (Å²) >= 11 is 0. The van der Waals surface area contributed by atoms with E-state index in [-0.39, 0.29) is 0 Å². The molecule has 1 aromatic rings. The molecule has 0 aromatic carbocycles. The van der Waals surface area contributed by atoms with Crippen LogP contribution in [0.4, 0.5) is 5.82 Å². The van der Waals surface area contributed by atoms with Crippen molar-refractivity contribution in [1.29, 1.82) is 0 Å². The highest BCUT2D eigenvalue weighted by Crippen LogP contribution is 2.24. The van der Waals surface area contributed by atoms with Crippen molar-refractivity contribution in [1.82, 2.24) is 9.97 Å². The summed E-state index contributed by atoms with van der Waals surface area (Å²) in [5, 5.41) is 3.39. The van der Waals surface area contributed by atoms with Crippen LogP contribution in [-0.2, 0) is 12.8 Å². The number of aryl methyl sites for hydroxylation is 1. The first-order valence-corrected chi connectivity index (χ1v) is 5.34. The van der Waals surface area contributed by atoms with E-state index in [1.807, 2.05) is 0 Å². The maximum atomic E-state index is 4.30. The normalized spacial score (nSPS) is 14.5. The van der Waals surface area contributed by atoms with Crippen molar-refractivity contribution in [2.24, 2.45) is 5.92 Å². The van der Waals surface area contributed by atoms with Crippen LogP contribution in [0, 0.1) is 5.92 Å². The maximum absolute atomic E-state index is 4.30. The summed E-state index contributed by atoms with van der Waals surface area (Å²) in [6.45, 7) is 5.40. The fraction of sp³-hybridized carbons (Fsp3) is 0.636. The number of nitrogens with zero attached hydrogens (tertiary/aromatic N) is 2. The number of hydrogen-bond donors (Lipinski definition) is 1. The molecule has 76 valence electrons. The molecule has 1 aliphatic rings. The summed E-state index contributed by atoms with van der Waals surface area (Å²) in [4.78, 5) is 8.60. The quantitative estimate of drug-likeness (QED) is 0.794. The Balaban J connectivity index is 2.14. The Morgan fingerprint density at radius 3 is 3.00 bits per heavy atom. The summed E-state index contributed by atoms with van der Waals surface area (Å²) in [5.74, 6) is 1.71. The lowest BCUT2D eigenvalue weighted by Crippen LogP contribution is -2.11. The molecular weight excluding hydrogens is 174 g/mol. The van der Waals surface area contributed by atoms with Crippen molar-refractivity contribution in [3.63, 3.8) is 0 Å². The van der Waals surface area contributed by atoms with Gasteiger partial charge in [-0.25, -0.2) is 9.97 Å². The number of hydrogen-bond acceptors (Lipinski definition) is 3. The van der Waals surface area contributed by atoms with Gasteiger partial charge in [0.25, 0.3) is 0 Å². The zero-order valence-electron chi connectivity index (χ0n) is 8.88. The van der Waals surface area contributed by atoms with Gasteiger partial charge in [0.15, 0.2) is 0 Å². The molecule has 0 aliphatic heterocycles. The minimum Gasteiger partial charge on any atom is -0.369 e. The second-order valence-corrected chi connectivity index (χ2v) is 4.28. The molecule has 0 fully saturated rings. The van der Waals surface area contributed by atoms with Crippen molar-refractivity contribution in [2.75, 3.05) is 11.9 Å². The van der Waals surface area contributed by atoms with E-state index in [2.05, 4.69) is 29.1 Å². The molecule has 3 heteroatoms. The Bertz CT molecular complexity index is 320. The first-order valence-electron chi connectivity index (χ1n) is 5.34. The van der Waals surface area contributed by atoms with Crippen LogP contribution in [0.1, 0.15) is 31.5 Å². The van der Waals surface area contributed by atoms with E-state index < -0.39 is 0 Å². The van der Waals surface area contributed by atoms with Crippen LogP contribution in [0.15, 0.2) is 6.33 Å². The molecular formula is C11H17N3. The van der Waals surface area contributed by atoms with E-state index in [1.165, 1.54) is 17.7 Å². The highest BCUT2D eigenvalue weighted by Gasteiger charge is 2.16. The molecule has 14 heavy (non-hydrogen) atoms. The lowest BCUT2D eigenvalue weighted by atomic mass is 10.2. The molecule has 0 unspecified atom stereocenters. The van der Waals surface area contributed by atoms with Crippen LogP contribution in [0.5, 0.6) is 0 Å². The van der Waals surface area contributed by atoms with Crippen LogP contribution >= 0.6 is 0 Å². The minimum atomic E-state index is 0.655. The van der Waals surface area contributed by atoms with E-state index in [9.17, 15) is 0 Å². The standard InChI is InChI=1S/C11H17N3/c1-8(2)6-12-11-9-4-3-5-10(9)13-7-14-11/h7-8H,3-6H2,1-2H3,(H,12,13,14). The van der Waals surface area contributed by atoms with Gasteiger partial charge in [-0.3, -0.25) is 0 Å². The zero-order chi connectivity index (χ0) is 9.97. The van der Waals surface area contributed by atoms with Gasteiger partial charge in [-0.05, 0) is 25.2 Å². The van der Waals surface area contributed by atoms with Gasteiger partial charge in [0, 0.05) is 17.8 Å². The van der Waals surface area contributed by atoms with Gasteiger partial charge in [-0.1, -0.05) is 13.8 Å². The average Bonchev–Trinajstić information content (AvgIpc) is 2.62. The second-order valence-electron chi connectivity index (χ2n) is 4.28. The molecule has 1 aliphatic carbocycles. The molecule has 0 radical (unpaired) electrons. The lowest BCUT2D eigenvalue weighted by Gasteiger charge is -2.10. The van der Waals surface area contributed by atoms with Crippen LogP contribution in [0.3, 0.4) is 0 Å². The zero-order valence-corrected chi connectivity index (χ0v) is 8.88. The van der Waals surface area contributed by atoms with Crippen LogP contribution < -0.4 is 5.32 Å². The molecule has 1 aromatic heterocycles. The molecule has 3 nitrogen and oxygen atoms in total. The molecule has 0 saturated carbocycles. The third-order valence-electron chi connectivity index (χ3n) is 2.55. The molecule has 1 N–H and O–H groups in total. The van der Waals surface area contributed by atoms with E-state index in [1.54, 1.807) is 6.33 Å². The number of nitrogens with one attached hydrogen (secondary N) is 1. The summed E-state index contributed by atoms with van der Waals surface area (Å²) in [6, 6.07) is 0. The predicted octanol–water partition coefficient (Wildman–Crippen LogP) is 2.03. The smallest absolute Gasteiger partial charge is 0.132 e. The van der Waals surface area contributed by atoms with Crippen molar-refractivity contribution >= 4 is 5.82 Å². The Morgan fingerprint density at radius 1 is 1.36 bits per heavy atom. The van der Waals surface area contributed by atoms with Crippen LogP contribution in [-0.4, -0.2) is 16.5 Å². The summed E-state index contributed by atoms with van der Waals surface area (Å²) in [6.07, 6.45) is 5.15. The summed E-state index contributed by atoms with van der Waals surface area (Å²) in [5.41, 5.74) is 2.58. The summed E-state index contributed by atoms with van der Waals surface area (Å²) < 4.78 is 0. The van der Waals surface area contributed by atoms with E-state index >= 15 is 0 Å². The fourth-order valence-electron chi connectivity index (χ4n) is 1.81. The van der Waals surface area contributed by atoms with E-state index in [4.69, 9.17) is 0 Å².